The molecule has 0 spiro atoms. The molecule has 0 radical (unpaired) electrons. The molecule has 0 bridgehead atoms. The zero-order chi connectivity index (χ0) is 17.7. The van der Waals surface area contributed by atoms with E-state index in [9.17, 15) is 14.4 Å². The molecule has 0 heterocycles. The molecule has 1 fully saturated rings. The number of methoxy groups -OCH3 is 3. The van der Waals surface area contributed by atoms with Crippen LogP contribution in [0.15, 0.2) is 18.2 Å². The molecule has 24 heavy (non-hydrogen) atoms. The summed E-state index contributed by atoms with van der Waals surface area (Å²) in [6.07, 6.45) is 3.78. The lowest BCUT2D eigenvalue weighted by molar-refractivity contribution is -0.152. The highest BCUT2D eigenvalue weighted by molar-refractivity contribution is 5.95. The van der Waals surface area contributed by atoms with Crippen LogP contribution in [0, 0.1) is 5.41 Å². The minimum absolute atomic E-state index is 0.247. The molecule has 0 saturated heterocycles. The minimum atomic E-state index is -0.600. The maximum Gasteiger partial charge on any atom is 0.337 e. The highest BCUT2D eigenvalue weighted by atomic mass is 16.5. The largest absolute Gasteiger partial charge is 0.469 e. The number of carbonyl (C=O) groups is 3. The Balaban J connectivity index is 2.42. The van der Waals surface area contributed by atoms with Gasteiger partial charge >= 0.3 is 17.9 Å². The number of carbonyl (C=O) groups excluding carboxylic acids is 3. The monoisotopic (exact) mass is 334 g/mol. The molecule has 0 unspecified atom stereocenters. The summed E-state index contributed by atoms with van der Waals surface area (Å²) < 4.78 is 14.5. The van der Waals surface area contributed by atoms with Gasteiger partial charge in [-0.2, -0.15) is 0 Å². The second kappa shape index (κ2) is 7.47. The van der Waals surface area contributed by atoms with E-state index in [1.165, 1.54) is 27.4 Å². The molecule has 2 rings (SSSR count). The summed E-state index contributed by atoms with van der Waals surface area (Å²) in [7, 11) is 3.94. The molecule has 6 heteroatoms. The normalized spacial score (nSPS) is 15.6. The van der Waals surface area contributed by atoms with Crippen molar-refractivity contribution in [3.05, 3.63) is 34.9 Å². The lowest BCUT2D eigenvalue weighted by Gasteiger charge is -2.26. The van der Waals surface area contributed by atoms with Crippen LogP contribution in [0.2, 0.25) is 0 Å². The summed E-state index contributed by atoms with van der Waals surface area (Å²) in [5.74, 6) is -1.33. The molecule has 1 saturated carbocycles. The van der Waals surface area contributed by atoms with Crippen LogP contribution in [0.25, 0.3) is 0 Å². The van der Waals surface area contributed by atoms with E-state index in [-0.39, 0.29) is 17.1 Å². The van der Waals surface area contributed by atoms with Crippen LogP contribution in [0.1, 0.15) is 52.0 Å². The highest BCUT2D eigenvalue weighted by Crippen LogP contribution is 2.42. The van der Waals surface area contributed by atoms with E-state index in [0.29, 0.717) is 12.0 Å². The first-order valence-corrected chi connectivity index (χ1v) is 7.85. The van der Waals surface area contributed by atoms with Gasteiger partial charge in [0.25, 0.3) is 0 Å². The summed E-state index contributed by atoms with van der Waals surface area (Å²) in [6.45, 7) is 0. The van der Waals surface area contributed by atoms with Crippen molar-refractivity contribution in [2.24, 2.45) is 5.41 Å². The molecule has 130 valence electrons. The SMILES string of the molecule is COC(=O)c1cc(CC2(C(=O)OC)CCCC2)cc(C(=O)OC)c1. The quantitative estimate of drug-likeness (QED) is 0.608. The van der Waals surface area contributed by atoms with Crippen LogP contribution in [-0.2, 0) is 25.4 Å². The smallest absolute Gasteiger partial charge is 0.337 e. The molecule has 1 aromatic carbocycles. The molecule has 0 N–H and O–H groups in total. The van der Waals surface area contributed by atoms with Crippen LogP contribution in [0.4, 0.5) is 0 Å². The van der Waals surface area contributed by atoms with Gasteiger partial charge in [0.2, 0.25) is 0 Å². The summed E-state index contributed by atoms with van der Waals surface area (Å²) in [6, 6.07) is 4.74. The molecule has 6 nitrogen and oxygen atoms in total. The second-order valence-electron chi connectivity index (χ2n) is 6.06. The molecular weight excluding hydrogens is 312 g/mol. The highest BCUT2D eigenvalue weighted by Gasteiger charge is 2.42. The van der Waals surface area contributed by atoms with Crippen molar-refractivity contribution in [2.75, 3.05) is 21.3 Å². The maximum absolute atomic E-state index is 12.3. The van der Waals surface area contributed by atoms with E-state index >= 15 is 0 Å². The van der Waals surface area contributed by atoms with Gasteiger partial charge in [-0.25, -0.2) is 9.59 Å². The van der Waals surface area contributed by atoms with E-state index in [1.807, 2.05) is 0 Å². The van der Waals surface area contributed by atoms with Crippen molar-refractivity contribution in [1.82, 2.24) is 0 Å². The van der Waals surface area contributed by atoms with E-state index < -0.39 is 17.4 Å². The summed E-state index contributed by atoms with van der Waals surface area (Å²) in [5.41, 5.74) is 0.629. The average Bonchev–Trinajstić information content (AvgIpc) is 3.08. The molecule has 0 amide bonds. The topological polar surface area (TPSA) is 78.9 Å². The standard InChI is InChI=1S/C18H22O6/c1-22-15(19)13-8-12(9-14(10-13)16(20)23-2)11-18(17(21)24-3)6-4-5-7-18/h8-10H,4-7,11H2,1-3H3. The zero-order valence-corrected chi connectivity index (χ0v) is 14.2. The Morgan fingerprint density at radius 3 is 1.79 bits per heavy atom. The van der Waals surface area contributed by atoms with Crippen molar-refractivity contribution in [1.29, 1.82) is 0 Å². The predicted molar refractivity (Wildman–Crippen MR) is 85.7 cm³/mol. The van der Waals surface area contributed by atoms with E-state index in [0.717, 1.165) is 25.7 Å². The first-order valence-electron chi connectivity index (χ1n) is 7.85. The third kappa shape index (κ3) is 3.58. The van der Waals surface area contributed by atoms with E-state index in [1.54, 1.807) is 12.1 Å². The molecule has 0 aromatic heterocycles. The molecule has 1 aliphatic carbocycles. The van der Waals surface area contributed by atoms with Crippen molar-refractivity contribution >= 4 is 17.9 Å². The summed E-state index contributed by atoms with van der Waals surface area (Å²) in [4.78, 5) is 36.0. The second-order valence-corrected chi connectivity index (χ2v) is 6.06. The minimum Gasteiger partial charge on any atom is -0.469 e. The Morgan fingerprint density at radius 1 is 0.875 bits per heavy atom. The van der Waals surface area contributed by atoms with Crippen molar-refractivity contribution in [3.63, 3.8) is 0 Å². The van der Waals surface area contributed by atoms with Gasteiger partial charge in [-0.05, 0) is 43.0 Å². The van der Waals surface area contributed by atoms with Gasteiger partial charge in [-0.15, -0.1) is 0 Å². The molecule has 0 atom stereocenters. The van der Waals surface area contributed by atoms with Gasteiger partial charge in [0.05, 0.1) is 37.9 Å². The van der Waals surface area contributed by atoms with Crippen LogP contribution in [0.5, 0.6) is 0 Å². The Morgan fingerprint density at radius 2 is 1.38 bits per heavy atom. The molecule has 1 aliphatic rings. The van der Waals surface area contributed by atoms with Crippen molar-refractivity contribution in [2.45, 2.75) is 32.1 Å². The number of rotatable bonds is 5. The fraction of sp³-hybridized carbons (Fsp3) is 0.500. The third-order valence-electron chi connectivity index (χ3n) is 4.56. The lowest BCUT2D eigenvalue weighted by atomic mass is 9.79. The number of hydrogen-bond acceptors (Lipinski definition) is 6. The molecule has 1 aromatic rings. The molecular formula is C18H22O6. The van der Waals surface area contributed by atoms with E-state index in [4.69, 9.17) is 14.2 Å². The first kappa shape index (κ1) is 18.0. The fourth-order valence-corrected chi connectivity index (χ4v) is 3.38. The Labute approximate surface area is 141 Å². The lowest BCUT2D eigenvalue weighted by Crippen LogP contribution is -2.32. The maximum atomic E-state index is 12.3. The average molecular weight is 334 g/mol. The van der Waals surface area contributed by atoms with Crippen LogP contribution in [-0.4, -0.2) is 39.2 Å². The van der Waals surface area contributed by atoms with Gasteiger partial charge in [0, 0.05) is 0 Å². The van der Waals surface area contributed by atoms with Gasteiger partial charge in [0.15, 0.2) is 0 Å². The number of ether oxygens (including phenoxy) is 3. The zero-order valence-electron chi connectivity index (χ0n) is 14.2. The van der Waals surface area contributed by atoms with Crippen LogP contribution in [0.3, 0.4) is 0 Å². The summed E-state index contributed by atoms with van der Waals surface area (Å²) >= 11 is 0. The van der Waals surface area contributed by atoms with Crippen LogP contribution >= 0.6 is 0 Å². The van der Waals surface area contributed by atoms with Crippen molar-refractivity contribution < 1.29 is 28.6 Å². The molecule has 0 aliphatic heterocycles. The number of benzene rings is 1. The number of esters is 3. The van der Waals surface area contributed by atoms with Crippen molar-refractivity contribution in [3.8, 4) is 0 Å². The Bertz CT molecular complexity index is 609. The Hall–Kier alpha value is -2.37. The van der Waals surface area contributed by atoms with Gasteiger partial charge in [-0.1, -0.05) is 12.8 Å². The first-order chi connectivity index (χ1) is 11.5. The summed E-state index contributed by atoms with van der Waals surface area (Å²) in [5, 5.41) is 0. The fourth-order valence-electron chi connectivity index (χ4n) is 3.38. The Kier molecular flexibility index (Phi) is 5.59. The van der Waals surface area contributed by atoms with Crippen LogP contribution < -0.4 is 0 Å². The van der Waals surface area contributed by atoms with Gasteiger partial charge in [0.1, 0.15) is 0 Å². The predicted octanol–water partition coefficient (Wildman–Crippen LogP) is 2.54. The van der Waals surface area contributed by atoms with Gasteiger partial charge < -0.3 is 14.2 Å². The van der Waals surface area contributed by atoms with E-state index in [2.05, 4.69) is 0 Å². The third-order valence-corrected chi connectivity index (χ3v) is 4.56. The van der Waals surface area contributed by atoms with Gasteiger partial charge in [-0.3, -0.25) is 4.79 Å². The number of hydrogen-bond donors (Lipinski definition) is 0.